The van der Waals surface area contributed by atoms with Gasteiger partial charge in [0.1, 0.15) is 0 Å². The van der Waals surface area contributed by atoms with Crippen LogP contribution in [0.3, 0.4) is 0 Å². The van der Waals surface area contributed by atoms with Crippen LogP contribution < -0.4 is 5.62 Å². The molecule has 26 heavy (non-hydrogen) atoms. The lowest BCUT2D eigenvalue weighted by molar-refractivity contribution is 0.0944. The average Bonchev–Trinajstić information content (AvgIpc) is 3.27. The van der Waals surface area contributed by atoms with Crippen LogP contribution in [0.4, 0.5) is 0 Å². The van der Waals surface area contributed by atoms with Gasteiger partial charge in [0.2, 0.25) is 11.4 Å². The summed E-state index contributed by atoms with van der Waals surface area (Å²) in [6.45, 7) is 0.582. The van der Waals surface area contributed by atoms with Crippen LogP contribution in [0.5, 0.6) is 0 Å². The predicted molar refractivity (Wildman–Crippen MR) is 99.4 cm³/mol. The van der Waals surface area contributed by atoms with Crippen LogP contribution in [-0.2, 0) is 13.1 Å². The number of ketones is 1. The zero-order valence-corrected chi connectivity index (χ0v) is 14.6. The summed E-state index contributed by atoms with van der Waals surface area (Å²) in [5.74, 6) is 0.134. The Labute approximate surface area is 154 Å². The maximum atomic E-state index is 12.5. The normalized spacial score (nSPS) is 11.1. The number of carbonyl (C=O) groups is 1. The molecule has 0 atom stereocenters. The Kier molecular flexibility index (Phi) is 4.22. The fraction of sp³-hybridized carbons (Fsp3) is 0.100. The smallest absolute Gasteiger partial charge is 0.217 e. The Hall–Kier alpha value is -3.05. The molecule has 6 heteroatoms. The van der Waals surface area contributed by atoms with E-state index in [1.165, 1.54) is 6.26 Å². The maximum Gasteiger partial charge on any atom is 0.217 e. The Bertz CT molecular complexity index is 1120. The van der Waals surface area contributed by atoms with E-state index in [4.69, 9.17) is 21.4 Å². The van der Waals surface area contributed by atoms with Gasteiger partial charge in [-0.3, -0.25) is 10.2 Å². The van der Waals surface area contributed by atoms with Crippen LogP contribution in [-0.4, -0.2) is 14.9 Å². The standard InChI is InChI=1S/C20H16ClN3O2/c21-15-9-7-14(8-10-15)12-23-16-4-1-2-5-17(16)24(20(23)22)13-18(25)19-6-3-11-26-19/h1-11,22H,12-13H2. The third-order valence-corrected chi connectivity index (χ3v) is 4.58. The van der Waals surface area contributed by atoms with Crippen LogP contribution in [0.2, 0.25) is 5.02 Å². The molecule has 0 fully saturated rings. The lowest BCUT2D eigenvalue weighted by Gasteiger charge is -2.05. The second-order valence-electron chi connectivity index (χ2n) is 6.01. The number of imidazole rings is 1. The second-order valence-corrected chi connectivity index (χ2v) is 6.45. The summed E-state index contributed by atoms with van der Waals surface area (Å²) in [6.07, 6.45) is 1.48. The first-order valence-corrected chi connectivity index (χ1v) is 8.55. The van der Waals surface area contributed by atoms with Gasteiger partial charge in [-0.2, -0.15) is 0 Å². The Morgan fingerprint density at radius 1 is 0.962 bits per heavy atom. The van der Waals surface area contributed by atoms with Crippen molar-refractivity contribution in [3.8, 4) is 0 Å². The SMILES string of the molecule is N=c1n(CC(=O)c2ccco2)c2ccccc2n1Cc1ccc(Cl)cc1. The third kappa shape index (κ3) is 2.97. The molecule has 0 aliphatic rings. The quantitative estimate of drug-likeness (QED) is 0.541. The minimum atomic E-state index is -0.164. The van der Waals surface area contributed by atoms with Crippen molar-refractivity contribution in [1.82, 2.24) is 9.13 Å². The zero-order valence-electron chi connectivity index (χ0n) is 13.9. The summed E-state index contributed by atoms with van der Waals surface area (Å²) >= 11 is 5.96. The number of Topliss-reactive ketones (excluding diaryl/α,β-unsaturated/α-hetero) is 1. The monoisotopic (exact) mass is 365 g/mol. The molecule has 0 aliphatic heterocycles. The number of fused-ring (bicyclic) bond motifs is 1. The van der Waals surface area contributed by atoms with E-state index >= 15 is 0 Å². The molecule has 0 spiro atoms. The summed E-state index contributed by atoms with van der Waals surface area (Å²) in [6, 6.07) is 18.6. The van der Waals surface area contributed by atoms with Gasteiger partial charge < -0.3 is 13.6 Å². The fourth-order valence-electron chi connectivity index (χ4n) is 3.05. The number of carbonyl (C=O) groups excluding carboxylic acids is 1. The highest BCUT2D eigenvalue weighted by atomic mass is 35.5. The minimum absolute atomic E-state index is 0.0560. The number of halogens is 1. The molecule has 0 unspecified atom stereocenters. The number of hydrogen-bond donors (Lipinski definition) is 1. The second kappa shape index (κ2) is 6.69. The largest absolute Gasteiger partial charge is 0.461 e. The first-order valence-electron chi connectivity index (χ1n) is 8.17. The summed E-state index contributed by atoms with van der Waals surface area (Å²) in [5.41, 5.74) is 3.04. The molecule has 5 nitrogen and oxygen atoms in total. The molecule has 0 bridgehead atoms. The number of nitrogens with one attached hydrogen (secondary N) is 1. The Morgan fingerprint density at radius 3 is 2.31 bits per heavy atom. The number of para-hydroxylation sites is 2. The summed E-state index contributed by atoms with van der Waals surface area (Å²) in [7, 11) is 0. The van der Waals surface area contributed by atoms with Crippen LogP contribution in [0.1, 0.15) is 16.1 Å². The lowest BCUT2D eigenvalue weighted by Crippen LogP contribution is -2.27. The molecule has 2 heterocycles. The molecule has 1 N–H and O–H groups in total. The topological polar surface area (TPSA) is 63.9 Å². The van der Waals surface area contributed by atoms with Gasteiger partial charge in [-0.15, -0.1) is 0 Å². The Morgan fingerprint density at radius 2 is 1.65 bits per heavy atom. The van der Waals surface area contributed by atoms with Gasteiger partial charge in [0.15, 0.2) is 5.76 Å². The number of nitrogens with zero attached hydrogens (tertiary/aromatic N) is 2. The Balaban J connectivity index is 1.77. The molecule has 130 valence electrons. The molecule has 0 amide bonds. The summed E-state index contributed by atoms with van der Waals surface area (Å²) in [4.78, 5) is 12.5. The van der Waals surface area contributed by atoms with Gasteiger partial charge in [0.25, 0.3) is 0 Å². The first kappa shape index (κ1) is 16.4. The van der Waals surface area contributed by atoms with Crippen molar-refractivity contribution in [3.05, 3.63) is 88.9 Å². The van der Waals surface area contributed by atoms with Crippen LogP contribution in [0, 0.1) is 5.41 Å². The molecular weight excluding hydrogens is 350 g/mol. The summed E-state index contributed by atoms with van der Waals surface area (Å²) < 4.78 is 8.78. The van der Waals surface area contributed by atoms with E-state index in [-0.39, 0.29) is 17.9 Å². The number of aromatic nitrogens is 2. The fourth-order valence-corrected chi connectivity index (χ4v) is 3.17. The van der Waals surface area contributed by atoms with Gasteiger partial charge in [0, 0.05) is 5.02 Å². The molecule has 4 rings (SSSR count). The van der Waals surface area contributed by atoms with Gasteiger partial charge in [-0.1, -0.05) is 35.9 Å². The molecule has 0 aliphatic carbocycles. The molecule has 0 radical (unpaired) electrons. The zero-order chi connectivity index (χ0) is 18.1. The van der Waals surface area contributed by atoms with Crippen molar-refractivity contribution in [3.63, 3.8) is 0 Å². The van der Waals surface area contributed by atoms with Crippen molar-refractivity contribution in [2.45, 2.75) is 13.1 Å². The van der Waals surface area contributed by atoms with Gasteiger partial charge >= 0.3 is 0 Å². The van der Waals surface area contributed by atoms with E-state index in [0.717, 1.165) is 16.6 Å². The van der Waals surface area contributed by atoms with Gasteiger partial charge in [0.05, 0.1) is 30.4 Å². The number of hydrogen-bond acceptors (Lipinski definition) is 3. The van der Waals surface area contributed by atoms with Crippen LogP contribution >= 0.6 is 11.6 Å². The van der Waals surface area contributed by atoms with Crippen LogP contribution in [0.15, 0.2) is 71.3 Å². The first-order chi connectivity index (χ1) is 12.6. The van der Waals surface area contributed by atoms with E-state index < -0.39 is 0 Å². The highest BCUT2D eigenvalue weighted by Crippen LogP contribution is 2.16. The van der Waals surface area contributed by atoms with Gasteiger partial charge in [-0.25, -0.2) is 0 Å². The number of rotatable bonds is 5. The molecule has 0 saturated heterocycles. The van der Waals surface area contributed by atoms with Crippen molar-refractivity contribution >= 4 is 28.4 Å². The maximum absolute atomic E-state index is 12.5. The van der Waals surface area contributed by atoms with E-state index in [1.807, 2.05) is 53.1 Å². The highest BCUT2D eigenvalue weighted by Gasteiger charge is 2.16. The van der Waals surface area contributed by atoms with Crippen molar-refractivity contribution in [2.24, 2.45) is 0 Å². The van der Waals surface area contributed by atoms with Crippen LogP contribution in [0.25, 0.3) is 11.0 Å². The molecule has 2 aromatic heterocycles. The van der Waals surface area contributed by atoms with Crippen molar-refractivity contribution in [2.75, 3.05) is 0 Å². The molecule has 4 aromatic rings. The van der Waals surface area contributed by atoms with Gasteiger partial charge in [-0.05, 0) is 42.0 Å². The van der Waals surface area contributed by atoms with E-state index in [2.05, 4.69) is 0 Å². The average molecular weight is 366 g/mol. The third-order valence-electron chi connectivity index (χ3n) is 4.33. The minimum Gasteiger partial charge on any atom is -0.461 e. The number of benzene rings is 2. The molecule has 0 saturated carbocycles. The predicted octanol–water partition coefficient (Wildman–Crippen LogP) is 4.10. The van der Waals surface area contributed by atoms with Crippen molar-refractivity contribution in [1.29, 1.82) is 5.41 Å². The van der Waals surface area contributed by atoms with E-state index in [1.54, 1.807) is 16.7 Å². The van der Waals surface area contributed by atoms with Crippen molar-refractivity contribution < 1.29 is 9.21 Å². The summed E-state index contributed by atoms with van der Waals surface area (Å²) in [5, 5.41) is 9.28. The van der Waals surface area contributed by atoms with E-state index in [9.17, 15) is 4.79 Å². The molecule has 2 aromatic carbocycles. The number of furan rings is 1. The lowest BCUT2D eigenvalue weighted by atomic mass is 10.2. The highest BCUT2D eigenvalue weighted by molar-refractivity contribution is 6.30. The molecular formula is C20H16ClN3O2. The van der Waals surface area contributed by atoms with E-state index in [0.29, 0.717) is 17.3 Å².